The number of amides is 1. The number of likely N-dealkylation sites (tertiary alicyclic amines) is 1. The maximum absolute atomic E-state index is 11.9. The summed E-state index contributed by atoms with van der Waals surface area (Å²) in [6.45, 7) is 2.08. The average Bonchev–Trinajstić information content (AvgIpc) is 2.81. The van der Waals surface area contributed by atoms with E-state index in [1.165, 1.54) is 0 Å². The van der Waals surface area contributed by atoms with Gasteiger partial charge in [0.1, 0.15) is 0 Å². The van der Waals surface area contributed by atoms with Crippen LogP contribution in [0.2, 0.25) is 5.02 Å². The Bertz CT molecular complexity index is 467. The van der Waals surface area contributed by atoms with Crippen LogP contribution in [-0.4, -0.2) is 42.2 Å². The first-order valence-corrected chi connectivity index (χ1v) is 6.64. The van der Waals surface area contributed by atoms with Gasteiger partial charge in [-0.15, -0.1) is 0 Å². The Morgan fingerprint density at radius 3 is 3.05 bits per heavy atom. The van der Waals surface area contributed by atoms with Crippen LogP contribution < -0.4 is 11.1 Å². The summed E-state index contributed by atoms with van der Waals surface area (Å²) < 4.78 is 0. The number of anilines is 2. The lowest BCUT2D eigenvalue weighted by Gasteiger charge is -2.15. The highest BCUT2D eigenvalue weighted by Gasteiger charge is 2.23. The third-order valence-corrected chi connectivity index (χ3v) is 3.59. The van der Waals surface area contributed by atoms with E-state index in [9.17, 15) is 4.79 Å². The van der Waals surface area contributed by atoms with Crippen LogP contribution in [0.3, 0.4) is 0 Å². The predicted molar refractivity (Wildman–Crippen MR) is 76.1 cm³/mol. The van der Waals surface area contributed by atoms with Crippen LogP contribution in [0.1, 0.15) is 6.42 Å². The van der Waals surface area contributed by atoms with Crippen molar-refractivity contribution in [2.75, 3.05) is 37.3 Å². The van der Waals surface area contributed by atoms with Gasteiger partial charge in [-0.25, -0.2) is 0 Å². The number of nitrogens with two attached hydrogens (primary N) is 1. The van der Waals surface area contributed by atoms with Gasteiger partial charge in [0.2, 0.25) is 5.91 Å². The molecule has 0 bridgehead atoms. The second kappa shape index (κ2) is 6.23. The van der Waals surface area contributed by atoms with E-state index >= 15 is 0 Å². The number of hydrogen-bond donors (Lipinski definition) is 3. The zero-order valence-electron chi connectivity index (χ0n) is 10.6. The van der Waals surface area contributed by atoms with E-state index in [1.54, 1.807) is 18.2 Å². The number of rotatable bonds is 4. The number of aliphatic hydroxyl groups excluding tert-OH is 1. The number of benzene rings is 1. The molecule has 1 heterocycles. The van der Waals surface area contributed by atoms with E-state index in [2.05, 4.69) is 5.32 Å². The van der Waals surface area contributed by atoms with Crippen LogP contribution in [0.5, 0.6) is 0 Å². The Morgan fingerprint density at radius 2 is 2.37 bits per heavy atom. The summed E-state index contributed by atoms with van der Waals surface area (Å²) in [5, 5.41) is 12.3. The van der Waals surface area contributed by atoms with Gasteiger partial charge in [-0.1, -0.05) is 11.6 Å². The molecule has 1 unspecified atom stereocenters. The third-order valence-electron chi connectivity index (χ3n) is 3.26. The first-order chi connectivity index (χ1) is 9.08. The van der Waals surface area contributed by atoms with Crippen LogP contribution in [0.25, 0.3) is 0 Å². The van der Waals surface area contributed by atoms with Gasteiger partial charge in [0.15, 0.2) is 0 Å². The van der Waals surface area contributed by atoms with Crippen molar-refractivity contribution in [1.82, 2.24) is 4.90 Å². The summed E-state index contributed by atoms with van der Waals surface area (Å²) >= 11 is 5.99. The minimum absolute atomic E-state index is 0.119. The summed E-state index contributed by atoms with van der Waals surface area (Å²) in [6, 6.07) is 4.98. The highest BCUT2D eigenvalue weighted by molar-refractivity contribution is 6.33. The number of carbonyl (C=O) groups excluding carboxylic acids is 1. The van der Waals surface area contributed by atoms with Crippen molar-refractivity contribution in [3.63, 3.8) is 0 Å². The van der Waals surface area contributed by atoms with Crippen molar-refractivity contribution in [3.8, 4) is 0 Å². The minimum atomic E-state index is -0.119. The molecule has 1 aliphatic heterocycles. The van der Waals surface area contributed by atoms with Gasteiger partial charge in [0.25, 0.3) is 0 Å². The zero-order chi connectivity index (χ0) is 13.8. The predicted octanol–water partition coefficient (Wildman–Crippen LogP) is 1.17. The fourth-order valence-corrected chi connectivity index (χ4v) is 2.40. The molecular formula is C13H18ClN3O2. The molecule has 0 spiro atoms. The SMILES string of the molecule is Nc1ccc(Cl)c(NC(=O)CN2CCC(CO)C2)c1. The van der Waals surface area contributed by atoms with E-state index < -0.39 is 0 Å². The number of nitrogens with one attached hydrogen (secondary N) is 1. The van der Waals surface area contributed by atoms with Gasteiger partial charge < -0.3 is 16.2 Å². The number of carbonyl (C=O) groups is 1. The van der Waals surface area contributed by atoms with Crippen LogP contribution in [0.4, 0.5) is 11.4 Å². The van der Waals surface area contributed by atoms with Crippen LogP contribution in [0.15, 0.2) is 18.2 Å². The Labute approximate surface area is 117 Å². The lowest BCUT2D eigenvalue weighted by molar-refractivity contribution is -0.117. The topological polar surface area (TPSA) is 78.6 Å². The van der Waals surface area contributed by atoms with Crippen LogP contribution in [-0.2, 0) is 4.79 Å². The summed E-state index contributed by atoms with van der Waals surface area (Å²) in [7, 11) is 0. The lowest BCUT2D eigenvalue weighted by Crippen LogP contribution is -2.32. The molecule has 1 aromatic rings. The molecule has 4 N–H and O–H groups in total. The zero-order valence-corrected chi connectivity index (χ0v) is 11.4. The van der Waals surface area contributed by atoms with Crippen molar-refractivity contribution in [3.05, 3.63) is 23.2 Å². The first-order valence-electron chi connectivity index (χ1n) is 6.26. The van der Waals surface area contributed by atoms with E-state index in [0.29, 0.717) is 22.9 Å². The second-order valence-electron chi connectivity index (χ2n) is 4.86. The summed E-state index contributed by atoms with van der Waals surface area (Å²) in [6.07, 6.45) is 0.933. The molecule has 5 nitrogen and oxygen atoms in total. The van der Waals surface area contributed by atoms with Gasteiger partial charge >= 0.3 is 0 Å². The molecule has 1 aliphatic rings. The van der Waals surface area contributed by atoms with E-state index in [0.717, 1.165) is 19.5 Å². The smallest absolute Gasteiger partial charge is 0.238 e. The number of nitrogen functional groups attached to an aromatic ring is 1. The van der Waals surface area contributed by atoms with E-state index in [4.69, 9.17) is 22.4 Å². The molecular weight excluding hydrogens is 266 g/mol. The second-order valence-corrected chi connectivity index (χ2v) is 5.27. The van der Waals surface area contributed by atoms with Crippen molar-refractivity contribution >= 4 is 28.9 Å². The Kier molecular flexibility index (Phi) is 4.63. The largest absolute Gasteiger partial charge is 0.399 e. The molecule has 2 rings (SSSR count). The number of halogens is 1. The highest BCUT2D eigenvalue weighted by Crippen LogP contribution is 2.24. The maximum atomic E-state index is 11.9. The molecule has 1 aromatic carbocycles. The van der Waals surface area contributed by atoms with Crippen LogP contribution >= 0.6 is 11.6 Å². The van der Waals surface area contributed by atoms with Gasteiger partial charge in [-0.2, -0.15) is 0 Å². The fourth-order valence-electron chi connectivity index (χ4n) is 2.24. The standard InChI is InChI=1S/C13H18ClN3O2/c14-11-2-1-10(15)5-12(11)16-13(19)7-17-4-3-9(6-17)8-18/h1-2,5,9,18H,3-4,6-8,15H2,(H,16,19). The summed E-state index contributed by atoms with van der Waals surface area (Å²) in [5.74, 6) is 0.162. The fraction of sp³-hybridized carbons (Fsp3) is 0.462. The molecule has 104 valence electrons. The monoisotopic (exact) mass is 283 g/mol. The number of hydrogen-bond acceptors (Lipinski definition) is 4. The van der Waals surface area contributed by atoms with Gasteiger partial charge in [-0.3, -0.25) is 9.69 Å². The average molecular weight is 284 g/mol. The lowest BCUT2D eigenvalue weighted by atomic mass is 10.1. The van der Waals surface area contributed by atoms with E-state index in [1.807, 2.05) is 4.90 Å². The molecule has 0 saturated carbocycles. The molecule has 19 heavy (non-hydrogen) atoms. The molecule has 0 aromatic heterocycles. The molecule has 1 fully saturated rings. The normalized spacial score (nSPS) is 19.6. The van der Waals surface area contributed by atoms with Gasteiger partial charge in [-0.05, 0) is 37.1 Å². The molecule has 1 saturated heterocycles. The highest BCUT2D eigenvalue weighted by atomic mass is 35.5. The molecule has 1 amide bonds. The maximum Gasteiger partial charge on any atom is 0.238 e. The minimum Gasteiger partial charge on any atom is -0.399 e. The number of aliphatic hydroxyl groups is 1. The summed E-state index contributed by atoms with van der Waals surface area (Å²) in [5.41, 5.74) is 6.74. The molecule has 0 aliphatic carbocycles. The Morgan fingerprint density at radius 1 is 1.58 bits per heavy atom. The van der Waals surface area contributed by atoms with Gasteiger partial charge in [0.05, 0.1) is 17.3 Å². The number of nitrogens with zero attached hydrogens (tertiary/aromatic N) is 1. The van der Waals surface area contributed by atoms with Crippen molar-refractivity contribution in [2.24, 2.45) is 5.92 Å². The molecule has 1 atom stereocenters. The van der Waals surface area contributed by atoms with Crippen molar-refractivity contribution < 1.29 is 9.90 Å². The Balaban J connectivity index is 1.89. The van der Waals surface area contributed by atoms with Crippen LogP contribution in [0, 0.1) is 5.92 Å². The Hall–Kier alpha value is -1.30. The molecule has 0 radical (unpaired) electrons. The third kappa shape index (κ3) is 3.83. The van der Waals surface area contributed by atoms with Crippen molar-refractivity contribution in [2.45, 2.75) is 6.42 Å². The van der Waals surface area contributed by atoms with Crippen molar-refractivity contribution in [1.29, 1.82) is 0 Å². The summed E-state index contributed by atoms with van der Waals surface area (Å²) in [4.78, 5) is 13.9. The quantitative estimate of drug-likeness (QED) is 0.725. The van der Waals surface area contributed by atoms with E-state index in [-0.39, 0.29) is 18.4 Å². The molecule has 6 heteroatoms. The van der Waals surface area contributed by atoms with Gasteiger partial charge in [0, 0.05) is 18.8 Å². The first kappa shape index (κ1) is 14.1.